The van der Waals surface area contributed by atoms with Crippen LogP contribution in [0.3, 0.4) is 0 Å². The summed E-state index contributed by atoms with van der Waals surface area (Å²) in [7, 11) is 0. The van der Waals surface area contributed by atoms with Crippen molar-refractivity contribution in [2.75, 3.05) is 26.3 Å². The highest BCUT2D eigenvalue weighted by atomic mass is 16.5. The molecule has 1 N–H and O–H groups in total. The Morgan fingerprint density at radius 1 is 1.11 bits per heavy atom. The minimum Gasteiger partial charge on any atom is -0.487 e. The van der Waals surface area contributed by atoms with E-state index in [9.17, 15) is 0 Å². The number of likely N-dealkylation sites (tertiary alicyclic amines) is 1. The van der Waals surface area contributed by atoms with E-state index in [0.29, 0.717) is 12.1 Å². The number of nitrogens with zero attached hydrogens (tertiary/aromatic N) is 1. The molecular formula is C22H28N2O3. The summed E-state index contributed by atoms with van der Waals surface area (Å²) in [5.41, 5.74) is 1.23. The van der Waals surface area contributed by atoms with Crippen LogP contribution in [-0.2, 0) is 11.3 Å². The van der Waals surface area contributed by atoms with Gasteiger partial charge >= 0.3 is 0 Å². The third-order valence-corrected chi connectivity index (χ3v) is 6.29. The molecule has 4 heterocycles. The molecule has 5 rings (SSSR count). The van der Waals surface area contributed by atoms with Gasteiger partial charge in [0.1, 0.15) is 17.1 Å². The van der Waals surface area contributed by atoms with Crippen molar-refractivity contribution in [2.24, 2.45) is 0 Å². The molecule has 2 aromatic rings. The summed E-state index contributed by atoms with van der Waals surface area (Å²) in [4.78, 5) is 2.47. The van der Waals surface area contributed by atoms with Crippen LogP contribution >= 0.6 is 0 Å². The standard InChI is InChI=1S/C22H28N2O3/c1-2-6-21-19(5-1)20(23-17-7-13-25-16-17)14-22(27-21)8-10-24(11-9-22)15-18-4-3-12-26-18/h1-6,12,17,20,23H,7-11,13-16H2/t17-,20-/m0/s1. The Morgan fingerprint density at radius 2 is 2.00 bits per heavy atom. The minimum atomic E-state index is -0.0643. The van der Waals surface area contributed by atoms with Crippen molar-refractivity contribution in [3.63, 3.8) is 0 Å². The first-order valence-corrected chi connectivity index (χ1v) is 10.2. The van der Waals surface area contributed by atoms with Crippen molar-refractivity contribution >= 4 is 0 Å². The highest BCUT2D eigenvalue weighted by Crippen LogP contribution is 2.44. The molecule has 5 heteroatoms. The van der Waals surface area contributed by atoms with Gasteiger partial charge in [-0.3, -0.25) is 4.90 Å². The zero-order valence-electron chi connectivity index (χ0n) is 15.7. The maximum absolute atomic E-state index is 6.62. The molecule has 0 radical (unpaired) electrons. The summed E-state index contributed by atoms with van der Waals surface area (Å²) >= 11 is 0. The summed E-state index contributed by atoms with van der Waals surface area (Å²) in [5, 5.41) is 3.86. The molecule has 3 aliphatic heterocycles. The van der Waals surface area contributed by atoms with Crippen LogP contribution in [0.4, 0.5) is 0 Å². The van der Waals surface area contributed by atoms with Gasteiger partial charge < -0.3 is 19.2 Å². The molecule has 2 atom stereocenters. The van der Waals surface area contributed by atoms with Gasteiger partial charge in [-0.2, -0.15) is 0 Å². The second-order valence-corrected chi connectivity index (χ2v) is 8.16. The maximum Gasteiger partial charge on any atom is 0.124 e. The zero-order valence-corrected chi connectivity index (χ0v) is 15.7. The van der Waals surface area contributed by atoms with Crippen molar-refractivity contribution < 1.29 is 13.9 Å². The van der Waals surface area contributed by atoms with Crippen LogP contribution in [0.25, 0.3) is 0 Å². The van der Waals surface area contributed by atoms with E-state index in [1.807, 2.05) is 6.07 Å². The van der Waals surface area contributed by atoms with Crippen molar-refractivity contribution in [1.82, 2.24) is 10.2 Å². The second-order valence-electron chi connectivity index (χ2n) is 8.16. The molecule has 0 unspecified atom stereocenters. The highest BCUT2D eigenvalue weighted by molar-refractivity contribution is 5.39. The summed E-state index contributed by atoms with van der Waals surface area (Å²) in [6.07, 6.45) is 6.01. The lowest BCUT2D eigenvalue weighted by Gasteiger charge is -2.47. The number of nitrogens with one attached hydrogen (secondary N) is 1. The number of hydrogen-bond acceptors (Lipinski definition) is 5. The summed E-state index contributed by atoms with van der Waals surface area (Å²) in [6.45, 7) is 4.67. The van der Waals surface area contributed by atoms with E-state index >= 15 is 0 Å². The first kappa shape index (κ1) is 17.3. The molecule has 3 aliphatic rings. The van der Waals surface area contributed by atoms with Gasteiger partial charge in [0.25, 0.3) is 0 Å². The Balaban J connectivity index is 1.30. The molecule has 2 saturated heterocycles. The fraction of sp³-hybridized carbons (Fsp3) is 0.545. The van der Waals surface area contributed by atoms with Gasteiger partial charge in [-0.15, -0.1) is 0 Å². The summed E-state index contributed by atoms with van der Waals surface area (Å²) in [5.74, 6) is 2.10. The normalized spacial score (nSPS) is 27.4. The lowest BCUT2D eigenvalue weighted by atomic mass is 9.80. The number of hydrogen-bond donors (Lipinski definition) is 1. The second kappa shape index (κ2) is 7.30. The first-order chi connectivity index (χ1) is 13.3. The number of ether oxygens (including phenoxy) is 2. The van der Waals surface area contributed by atoms with Gasteiger partial charge in [-0.05, 0) is 37.5 Å². The van der Waals surface area contributed by atoms with Crippen LogP contribution in [0.5, 0.6) is 5.75 Å². The van der Waals surface area contributed by atoms with E-state index < -0.39 is 0 Å². The van der Waals surface area contributed by atoms with Crippen LogP contribution in [0.15, 0.2) is 47.1 Å². The number of fused-ring (bicyclic) bond motifs is 1. The smallest absolute Gasteiger partial charge is 0.124 e. The lowest BCUT2D eigenvalue weighted by Crippen LogP contribution is -2.52. The fourth-order valence-electron chi connectivity index (χ4n) is 4.77. The van der Waals surface area contributed by atoms with E-state index in [4.69, 9.17) is 13.9 Å². The Bertz CT molecular complexity index is 747. The summed E-state index contributed by atoms with van der Waals surface area (Å²) < 4.78 is 17.7. The molecule has 1 spiro atoms. The quantitative estimate of drug-likeness (QED) is 0.895. The third-order valence-electron chi connectivity index (χ3n) is 6.29. The Kier molecular flexibility index (Phi) is 4.68. The molecule has 5 nitrogen and oxygen atoms in total. The maximum atomic E-state index is 6.62. The highest BCUT2D eigenvalue weighted by Gasteiger charge is 2.43. The van der Waals surface area contributed by atoms with Crippen LogP contribution in [-0.4, -0.2) is 42.8 Å². The van der Waals surface area contributed by atoms with E-state index in [1.165, 1.54) is 5.56 Å². The van der Waals surface area contributed by atoms with Gasteiger partial charge in [0, 0.05) is 43.8 Å². The molecular weight excluding hydrogens is 340 g/mol. The van der Waals surface area contributed by atoms with Crippen molar-refractivity contribution in [1.29, 1.82) is 0 Å². The Hall–Kier alpha value is -1.82. The average molecular weight is 368 g/mol. The molecule has 0 saturated carbocycles. The van der Waals surface area contributed by atoms with Crippen molar-refractivity contribution in [2.45, 2.75) is 49.9 Å². The van der Waals surface area contributed by atoms with E-state index in [2.05, 4.69) is 40.5 Å². The van der Waals surface area contributed by atoms with Crippen molar-refractivity contribution in [3.05, 3.63) is 54.0 Å². The largest absolute Gasteiger partial charge is 0.487 e. The monoisotopic (exact) mass is 368 g/mol. The molecule has 0 amide bonds. The molecule has 27 heavy (non-hydrogen) atoms. The number of furan rings is 1. The van der Waals surface area contributed by atoms with Crippen molar-refractivity contribution in [3.8, 4) is 5.75 Å². The summed E-state index contributed by atoms with van der Waals surface area (Å²) in [6, 6.07) is 13.4. The van der Waals surface area contributed by atoms with Gasteiger partial charge in [-0.1, -0.05) is 18.2 Å². The number of rotatable bonds is 4. The van der Waals surface area contributed by atoms with Gasteiger partial charge in [0.05, 0.1) is 19.4 Å². The fourth-order valence-corrected chi connectivity index (χ4v) is 4.77. The Morgan fingerprint density at radius 3 is 2.78 bits per heavy atom. The number of para-hydroxylation sites is 1. The van der Waals surface area contributed by atoms with E-state index in [0.717, 1.165) is 70.0 Å². The van der Waals surface area contributed by atoms with Crippen LogP contribution < -0.4 is 10.1 Å². The molecule has 144 valence electrons. The van der Waals surface area contributed by atoms with Gasteiger partial charge in [-0.25, -0.2) is 0 Å². The van der Waals surface area contributed by atoms with E-state index in [1.54, 1.807) is 6.26 Å². The average Bonchev–Trinajstić information content (AvgIpc) is 3.38. The molecule has 1 aromatic carbocycles. The third kappa shape index (κ3) is 3.64. The predicted molar refractivity (Wildman–Crippen MR) is 103 cm³/mol. The molecule has 0 aliphatic carbocycles. The zero-order chi connectivity index (χ0) is 18.1. The van der Waals surface area contributed by atoms with Crippen LogP contribution in [0.2, 0.25) is 0 Å². The van der Waals surface area contributed by atoms with Gasteiger partial charge in [0.2, 0.25) is 0 Å². The minimum absolute atomic E-state index is 0.0643. The predicted octanol–water partition coefficient (Wildman–Crippen LogP) is 3.52. The molecule has 0 bridgehead atoms. The molecule has 2 fully saturated rings. The van der Waals surface area contributed by atoms with E-state index in [-0.39, 0.29) is 5.60 Å². The Labute approximate surface area is 160 Å². The van der Waals surface area contributed by atoms with Gasteiger partial charge in [0.15, 0.2) is 0 Å². The first-order valence-electron chi connectivity index (χ1n) is 10.2. The topological polar surface area (TPSA) is 46.9 Å². The van der Waals surface area contributed by atoms with Crippen LogP contribution in [0, 0.1) is 0 Å². The number of piperidine rings is 1. The molecule has 1 aromatic heterocycles. The lowest BCUT2D eigenvalue weighted by molar-refractivity contribution is -0.0292. The van der Waals surface area contributed by atoms with Crippen LogP contribution in [0.1, 0.15) is 43.0 Å². The SMILES string of the molecule is c1coc(CN2CCC3(CC2)C[C@H](N[C@H]2CCOC2)c2ccccc2O3)c1. The number of benzene rings is 1.